The first-order valence-corrected chi connectivity index (χ1v) is 12.0. The number of hydrogen-bond acceptors (Lipinski definition) is 4. The van der Waals surface area contributed by atoms with Crippen LogP contribution in [0.5, 0.6) is 11.5 Å². The lowest BCUT2D eigenvalue weighted by atomic mass is 10.2. The molecule has 4 aromatic rings. The second-order valence-corrected chi connectivity index (χ2v) is 13.1. The van der Waals surface area contributed by atoms with E-state index in [0.717, 1.165) is 11.5 Å². The quantitative estimate of drug-likeness (QED) is 0.376. The third-order valence-electron chi connectivity index (χ3n) is 5.16. The first kappa shape index (κ1) is 20.8. The zero-order valence-electron chi connectivity index (χ0n) is 17.0. The van der Waals surface area contributed by atoms with Crippen LogP contribution in [-0.2, 0) is 0 Å². The van der Waals surface area contributed by atoms with E-state index in [0.29, 0.717) is 22.2 Å². The molecule has 2 heterocycles. The van der Waals surface area contributed by atoms with Gasteiger partial charge in [0.05, 0.1) is 34.2 Å². The minimum atomic E-state index is -1.97. The molecule has 0 aliphatic heterocycles. The molecule has 3 N–H and O–H groups in total. The lowest BCUT2D eigenvalue weighted by molar-refractivity contribution is 0.476. The molecule has 0 saturated heterocycles. The fraction of sp³-hybridized carbons (Fsp3) is 0.300. The molecule has 2 aromatic carbocycles. The van der Waals surface area contributed by atoms with Crippen LogP contribution in [0.15, 0.2) is 36.7 Å². The predicted molar refractivity (Wildman–Crippen MR) is 112 cm³/mol. The molecule has 2 aromatic heterocycles. The van der Waals surface area contributed by atoms with Gasteiger partial charge in [-0.1, -0.05) is 20.8 Å². The van der Waals surface area contributed by atoms with Crippen LogP contribution < -0.4 is 4.43 Å². The minimum Gasteiger partial charge on any atom is -0.543 e. The van der Waals surface area contributed by atoms with E-state index < -0.39 is 14.1 Å². The molecule has 6 nitrogen and oxygen atoms in total. The molecular formula is C20H24F2N4O2Si. The van der Waals surface area contributed by atoms with Crippen molar-refractivity contribution < 1.29 is 18.3 Å². The highest BCUT2D eigenvalue weighted by Gasteiger charge is 2.39. The zero-order chi connectivity index (χ0) is 21.4. The normalized spacial score (nSPS) is 12.1. The molecule has 4 rings (SSSR count). The van der Waals surface area contributed by atoms with E-state index in [4.69, 9.17) is 9.53 Å². The van der Waals surface area contributed by atoms with E-state index in [2.05, 4.69) is 54.3 Å². The van der Waals surface area contributed by atoms with Gasteiger partial charge < -0.3 is 9.53 Å². The largest absolute Gasteiger partial charge is 0.543 e. The third-order valence-corrected chi connectivity index (χ3v) is 9.50. The van der Waals surface area contributed by atoms with Crippen LogP contribution in [0.3, 0.4) is 0 Å². The molecule has 0 saturated carbocycles. The second-order valence-electron chi connectivity index (χ2n) is 8.35. The number of rotatable bonds is 2. The van der Waals surface area contributed by atoms with Crippen LogP contribution in [0.25, 0.3) is 21.8 Å². The van der Waals surface area contributed by atoms with Crippen LogP contribution in [0.4, 0.5) is 8.78 Å². The Morgan fingerprint density at radius 2 is 1.41 bits per heavy atom. The van der Waals surface area contributed by atoms with Gasteiger partial charge in [-0.05, 0) is 30.3 Å². The van der Waals surface area contributed by atoms with Gasteiger partial charge in [-0.25, -0.2) is 8.78 Å². The molecule has 0 aliphatic rings. The lowest BCUT2D eigenvalue weighted by Gasteiger charge is -2.36. The summed E-state index contributed by atoms with van der Waals surface area (Å²) in [7, 11) is -1.97. The Balaban J connectivity index is 0.000000186. The van der Waals surface area contributed by atoms with E-state index in [9.17, 15) is 8.78 Å². The first-order chi connectivity index (χ1) is 13.5. The number of phenols is 1. The minimum absolute atomic E-state index is 0.0787. The van der Waals surface area contributed by atoms with E-state index in [1.165, 1.54) is 24.4 Å². The van der Waals surface area contributed by atoms with Crippen LogP contribution in [0.2, 0.25) is 18.1 Å². The van der Waals surface area contributed by atoms with Crippen molar-refractivity contribution in [2.75, 3.05) is 0 Å². The van der Waals surface area contributed by atoms with Gasteiger partial charge in [-0.3, -0.25) is 10.2 Å². The molecule has 0 amide bonds. The molecule has 0 aliphatic carbocycles. The average molecular weight is 419 g/mol. The highest BCUT2D eigenvalue weighted by atomic mass is 28.4. The Hall–Kier alpha value is -2.94. The summed E-state index contributed by atoms with van der Waals surface area (Å²) in [5.41, 5.74) is 1.17. The van der Waals surface area contributed by atoms with Crippen LogP contribution in [-0.4, -0.2) is 33.8 Å². The van der Waals surface area contributed by atoms with Gasteiger partial charge in [0.2, 0.25) is 0 Å². The summed E-state index contributed by atoms with van der Waals surface area (Å²) in [6.45, 7) is 10.8. The Morgan fingerprint density at radius 1 is 0.897 bits per heavy atom. The monoisotopic (exact) mass is 418 g/mol. The number of halogens is 2. The molecule has 0 fully saturated rings. The third kappa shape index (κ3) is 4.39. The number of benzene rings is 2. The standard InChI is InChI=1S/C13H19FN2OSi.C7H5FN2O/c1-13(2,3)18(4,5)17-12-7-9(14)6-11-10(12)8-15-16-11;8-4-1-6-5(3-9-10-6)7(11)2-4/h6-8H,1-5H3,(H,15,16);1-3,11H,(H,9,10). The number of aromatic amines is 2. The SMILES string of the molecule is CC(C)(C)[Si](C)(C)Oc1cc(F)cc2[nH]ncc12.Oc1cc(F)cc2[nH]ncc12. The van der Waals surface area contributed by atoms with Gasteiger partial charge in [-0.15, -0.1) is 0 Å². The van der Waals surface area contributed by atoms with Gasteiger partial charge in [0.15, 0.2) is 0 Å². The highest BCUT2D eigenvalue weighted by molar-refractivity contribution is 6.74. The Morgan fingerprint density at radius 3 is 2.00 bits per heavy atom. The second kappa shape index (κ2) is 7.47. The Bertz CT molecular complexity index is 1150. The predicted octanol–water partition coefficient (Wildman–Crippen LogP) is 5.49. The van der Waals surface area contributed by atoms with Crippen molar-refractivity contribution in [2.24, 2.45) is 0 Å². The summed E-state index contributed by atoms with van der Waals surface area (Å²) >= 11 is 0. The van der Waals surface area contributed by atoms with Crippen molar-refractivity contribution in [3.8, 4) is 11.5 Å². The molecular weight excluding hydrogens is 394 g/mol. The van der Waals surface area contributed by atoms with E-state index in [-0.39, 0.29) is 16.6 Å². The molecule has 154 valence electrons. The maximum absolute atomic E-state index is 13.5. The lowest BCUT2D eigenvalue weighted by Crippen LogP contribution is -2.43. The van der Waals surface area contributed by atoms with E-state index >= 15 is 0 Å². The molecule has 0 atom stereocenters. The van der Waals surface area contributed by atoms with E-state index in [1.807, 2.05) is 0 Å². The molecule has 0 spiro atoms. The van der Waals surface area contributed by atoms with Crippen molar-refractivity contribution in [2.45, 2.75) is 38.9 Å². The van der Waals surface area contributed by atoms with Crippen LogP contribution >= 0.6 is 0 Å². The number of aromatic nitrogens is 4. The summed E-state index contributed by atoms with van der Waals surface area (Å²) in [4.78, 5) is 0. The number of nitrogens with one attached hydrogen (secondary N) is 2. The molecule has 29 heavy (non-hydrogen) atoms. The number of nitrogens with zero attached hydrogens (tertiary/aromatic N) is 2. The Labute approximate surface area is 168 Å². The first-order valence-electron chi connectivity index (χ1n) is 9.11. The molecule has 9 heteroatoms. The number of aromatic hydroxyl groups is 1. The maximum atomic E-state index is 13.5. The summed E-state index contributed by atoms with van der Waals surface area (Å²) in [6, 6.07) is 5.21. The van der Waals surface area contributed by atoms with Crippen molar-refractivity contribution in [1.82, 2.24) is 20.4 Å². The highest BCUT2D eigenvalue weighted by Crippen LogP contribution is 2.39. The van der Waals surface area contributed by atoms with Gasteiger partial charge >= 0.3 is 0 Å². The van der Waals surface area contributed by atoms with Crippen LogP contribution in [0.1, 0.15) is 20.8 Å². The van der Waals surface area contributed by atoms with E-state index in [1.54, 1.807) is 6.20 Å². The average Bonchev–Trinajstić information content (AvgIpc) is 3.22. The number of fused-ring (bicyclic) bond motifs is 2. The molecule has 0 bridgehead atoms. The number of hydrogen-bond donors (Lipinski definition) is 3. The van der Waals surface area contributed by atoms with Crippen molar-refractivity contribution in [3.63, 3.8) is 0 Å². The van der Waals surface area contributed by atoms with Crippen LogP contribution in [0, 0.1) is 11.6 Å². The number of phenolic OH excluding ortho intramolecular Hbond substituents is 1. The summed E-state index contributed by atoms with van der Waals surface area (Å²) < 4.78 is 32.3. The topological polar surface area (TPSA) is 86.8 Å². The molecule has 0 unspecified atom stereocenters. The summed E-state index contributed by atoms with van der Waals surface area (Å²) in [6.07, 6.45) is 3.13. The van der Waals surface area contributed by atoms with Gasteiger partial charge in [0.1, 0.15) is 23.1 Å². The smallest absolute Gasteiger partial charge is 0.250 e. The van der Waals surface area contributed by atoms with Gasteiger partial charge in [0.25, 0.3) is 8.32 Å². The maximum Gasteiger partial charge on any atom is 0.250 e. The van der Waals surface area contributed by atoms with Crippen molar-refractivity contribution in [1.29, 1.82) is 0 Å². The zero-order valence-corrected chi connectivity index (χ0v) is 18.0. The van der Waals surface area contributed by atoms with Crippen molar-refractivity contribution >= 4 is 30.1 Å². The number of H-pyrrole nitrogens is 2. The summed E-state index contributed by atoms with van der Waals surface area (Å²) in [5, 5.41) is 23.5. The molecule has 0 radical (unpaired) electrons. The fourth-order valence-electron chi connectivity index (χ4n) is 2.50. The summed E-state index contributed by atoms with van der Waals surface area (Å²) in [5.74, 6) is -0.279. The van der Waals surface area contributed by atoms with Gasteiger partial charge in [-0.2, -0.15) is 10.2 Å². The Kier molecular flexibility index (Phi) is 5.35. The van der Waals surface area contributed by atoms with Crippen molar-refractivity contribution in [3.05, 3.63) is 48.3 Å². The fourth-order valence-corrected chi connectivity index (χ4v) is 3.52. The van der Waals surface area contributed by atoms with Gasteiger partial charge in [0, 0.05) is 12.1 Å².